The molecule has 6 nitrogen and oxygen atoms in total. The van der Waals surface area contributed by atoms with E-state index in [9.17, 15) is 22.8 Å². The maximum Gasteiger partial charge on any atom is 0.433 e. The summed E-state index contributed by atoms with van der Waals surface area (Å²) in [6, 6.07) is 3.86. The van der Waals surface area contributed by atoms with Gasteiger partial charge in [0.15, 0.2) is 10.9 Å². The number of nitrogens with zero attached hydrogens (tertiary/aromatic N) is 2. The second-order valence-electron chi connectivity index (χ2n) is 6.22. The highest BCUT2D eigenvalue weighted by atomic mass is 32.2. The van der Waals surface area contributed by atoms with Gasteiger partial charge in [-0.25, -0.2) is 4.98 Å². The second-order valence-corrected chi connectivity index (χ2v) is 7.19. The maximum absolute atomic E-state index is 12.8. The molecule has 0 unspecified atom stereocenters. The van der Waals surface area contributed by atoms with Gasteiger partial charge in [-0.15, -0.1) is 0 Å². The van der Waals surface area contributed by atoms with Gasteiger partial charge in [0.25, 0.3) is 5.56 Å². The molecule has 0 fully saturated rings. The van der Waals surface area contributed by atoms with Crippen molar-refractivity contribution in [2.24, 2.45) is 0 Å². The third-order valence-electron chi connectivity index (χ3n) is 4.15. The Kier molecular flexibility index (Phi) is 6.28. The van der Waals surface area contributed by atoms with Gasteiger partial charge >= 0.3 is 6.18 Å². The number of aromatic amines is 1. The molecule has 0 atom stereocenters. The van der Waals surface area contributed by atoms with Crippen LogP contribution >= 0.6 is 11.8 Å². The number of hydrogen-bond acceptors (Lipinski definition) is 5. The Hall–Kier alpha value is -2.49. The summed E-state index contributed by atoms with van der Waals surface area (Å²) >= 11 is 0.762. The fraction of sp³-hybridized carbons (Fsp3) is 0.389. The molecular weight excluding hydrogens is 395 g/mol. The number of furan rings is 1. The number of thioether (sulfide) groups is 1. The van der Waals surface area contributed by atoms with Crippen molar-refractivity contribution < 1.29 is 22.4 Å². The molecule has 2 aromatic heterocycles. The standard InChI is InChI=1S/C18H18F3N3O3S/c19-18(20,21)14-9-15(25)23-17(22-14)28-11-16(26)24(10-13-7-4-8-27-13)12-5-2-1-3-6-12/h4-5,7-9H,1-3,6,10-11H2,(H,22,23,25). The lowest BCUT2D eigenvalue weighted by molar-refractivity contribution is -0.141. The molecule has 28 heavy (non-hydrogen) atoms. The van der Waals surface area contributed by atoms with Crippen molar-refractivity contribution in [2.75, 3.05) is 5.75 Å². The lowest BCUT2D eigenvalue weighted by atomic mass is 10.0. The number of aromatic nitrogens is 2. The fourth-order valence-electron chi connectivity index (χ4n) is 2.83. The number of nitrogens with one attached hydrogen (secondary N) is 1. The van der Waals surface area contributed by atoms with E-state index in [0.717, 1.165) is 43.1 Å². The van der Waals surface area contributed by atoms with Crippen LogP contribution in [-0.2, 0) is 17.5 Å². The quantitative estimate of drug-likeness (QED) is 0.573. The zero-order valence-electron chi connectivity index (χ0n) is 14.8. The normalized spacial score (nSPS) is 14.6. The molecule has 1 aliphatic rings. The van der Waals surface area contributed by atoms with Crippen LogP contribution in [0.1, 0.15) is 37.1 Å². The van der Waals surface area contributed by atoms with Crippen LogP contribution in [0.15, 0.2) is 50.6 Å². The van der Waals surface area contributed by atoms with Crippen molar-refractivity contribution in [3.8, 4) is 0 Å². The van der Waals surface area contributed by atoms with Gasteiger partial charge in [0.2, 0.25) is 5.91 Å². The summed E-state index contributed by atoms with van der Waals surface area (Å²) in [5.41, 5.74) is -1.33. The van der Waals surface area contributed by atoms with E-state index < -0.39 is 17.4 Å². The minimum Gasteiger partial charge on any atom is -0.467 e. The Morgan fingerprint density at radius 2 is 2.18 bits per heavy atom. The molecule has 3 rings (SSSR count). The van der Waals surface area contributed by atoms with Crippen LogP contribution in [0.3, 0.4) is 0 Å². The highest BCUT2D eigenvalue weighted by Gasteiger charge is 2.33. The molecule has 0 aliphatic heterocycles. The third kappa shape index (κ3) is 5.28. The predicted octanol–water partition coefficient (Wildman–Crippen LogP) is 3.96. The summed E-state index contributed by atoms with van der Waals surface area (Å²) in [5.74, 6) is 0.146. The van der Waals surface area contributed by atoms with E-state index in [4.69, 9.17) is 4.42 Å². The second kappa shape index (κ2) is 8.68. The molecule has 0 aromatic carbocycles. The smallest absolute Gasteiger partial charge is 0.433 e. The monoisotopic (exact) mass is 413 g/mol. The Labute approximate surface area is 162 Å². The summed E-state index contributed by atoms with van der Waals surface area (Å²) in [7, 11) is 0. The molecule has 1 N–H and O–H groups in total. The van der Waals surface area contributed by atoms with E-state index in [2.05, 4.69) is 9.97 Å². The molecule has 0 saturated heterocycles. The Balaban J connectivity index is 1.74. The van der Waals surface area contributed by atoms with Crippen molar-refractivity contribution in [2.45, 2.75) is 43.6 Å². The van der Waals surface area contributed by atoms with Gasteiger partial charge in [0, 0.05) is 11.8 Å². The minimum absolute atomic E-state index is 0.164. The highest BCUT2D eigenvalue weighted by molar-refractivity contribution is 7.99. The van der Waals surface area contributed by atoms with Crippen LogP contribution in [0.25, 0.3) is 0 Å². The third-order valence-corrected chi connectivity index (χ3v) is 5.01. The summed E-state index contributed by atoms with van der Waals surface area (Å²) in [6.07, 6.45) is 2.41. The molecule has 0 bridgehead atoms. The molecule has 2 heterocycles. The van der Waals surface area contributed by atoms with Gasteiger partial charge in [-0.2, -0.15) is 13.2 Å². The van der Waals surface area contributed by atoms with Crippen molar-refractivity contribution in [1.82, 2.24) is 14.9 Å². The van der Waals surface area contributed by atoms with Crippen LogP contribution in [0.2, 0.25) is 0 Å². The summed E-state index contributed by atoms with van der Waals surface area (Å²) in [5, 5.41) is -0.247. The molecule has 150 valence electrons. The lowest BCUT2D eigenvalue weighted by Crippen LogP contribution is -2.32. The Bertz CT molecular complexity index is 907. The van der Waals surface area contributed by atoms with Crippen molar-refractivity contribution in [1.29, 1.82) is 0 Å². The van der Waals surface area contributed by atoms with E-state index in [1.807, 2.05) is 6.08 Å². The first-order chi connectivity index (χ1) is 13.3. The van der Waals surface area contributed by atoms with E-state index >= 15 is 0 Å². The average Bonchev–Trinajstić information content (AvgIpc) is 3.17. The molecule has 10 heteroatoms. The van der Waals surface area contributed by atoms with E-state index in [1.165, 1.54) is 6.26 Å². The van der Waals surface area contributed by atoms with Gasteiger partial charge in [-0.3, -0.25) is 9.59 Å². The Morgan fingerprint density at radius 1 is 1.36 bits per heavy atom. The zero-order chi connectivity index (χ0) is 20.1. The summed E-state index contributed by atoms with van der Waals surface area (Å²) in [6.45, 7) is 0.241. The first-order valence-corrected chi connectivity index (χ1v) is 9.64. The number of allylic oxidation sites excluding steroid dienone is 2. The van der Waals surface area contributed by atoms with E-state index in [0.29, 0.717) is 11.8 Å². The van der Waals surface area contributed by atoms with Crippen LogP contribution in [0.4, 0.5) is 13.2 Å². The van der Waals surface area contributed by atoms with E-state index in [1.54, 1.807) is 17.0 Å². The topological polar surface area (TPSA) is 79.2 Å². The van der Waals surface area contributed by atoms with Crippen LogP contribution in [0, 0.1) is 0 Å². The molecule has 1 aliphatic carbocycles. The number of carbonyl (C=O) groups excluding carboxylic acids is 1. The first kappa shape index (κ1) is 20.2. The van der Waals surface area contributed by atoms with Gasteiger partial charge in [0.1, 0.15) is 5.76 Å². The zero-order valence-corrected chi connectivity index (χ0v) is 15.6. The number of rotatable bonds is 6. The van der Waals surface area contributed by atoms with Crippen LogP contribution < -0.4 is 5.56 Å². The van der Waals surface area contributed by atoms with Crippen molar-refractivity contribution in [3.05, 3.63) is 58.0 Å². The van der Waals surface area contributed by atoms with Crippen LogP contribution in [0.5, 0.6) is 0 Å². The molecule has 0 saturated carbocycles. The first-order valence-electron chi connectivity index (χ1n) is 8.66. The maximum atomic E-state index is 12.8. The molecular formula is C18H18F3N3O3S. The highest BCUT2D eigenvalue weighted by Crippen LogP contribution is 2.28. The molecule has 2 aromatic rings. The van der Waals surface area contributed by atoms with Gasteiger partial charge in [-0.05, 0) is 37.8 Å². The SMILES string of the molecule is O=C(CSc1nc(C(F)(F)F)cc(=O)[nH]1)N(Cc1ccco1)C1=CCCCC1. The number of amides is 1. The number of alkyl halides is 3. The summed E-state index contributed by atoms with van der Waals surface area (Å²) < 4.78 is 43.8. The van der Waals surface area contributed by atoms with Crippen molar-refractivity contribution in [3.63, 3.8) is 0 Å². The molecule has 1 amide bonds. The average molecular weight is 413 g/mol. The van der Waals surface area contributed by atoms with Crippen molar-refractivity contribution >= 4 is 17.7 Å². The molecule has 0 radical (unpaired) electrons. The van der Waals surface area contributed by atoms with Gasteiger partial charge < -0.3 is 14.3 Å². The molecule has 0 spiro atoms. The number of hydrogen-bond donors (Lipinski definition) is 1. The summed E-state index contributed by atoms with van der Waals surface area (Å²) in [4.78, 5) is 31.5. The Morgan fingerprint density at radius 3 is 2.82 bits per heavy atom. The van der Waals surface area contributed by atoms with Gasteiger partial charge in [0.05, 0.1) is 18.6 Å². The largest absolute Gasteiger partial charge is 0.467 e. The number of halogens is 3. The van der Waals surface area contributed by atoms with Crippen LogP contribution in [-0.4, -0.2) is 26.5 Å². The van der Waals surface area contributed by atoms with Gasteiger partial charge in [-0.1, -0.05) is 17.8 Å². The fourth-order valence-corrected chi connectivity index (χ4v) is 3.58. The van der Waals surface area contributed by atoms with E-state index in [-0.39, 0.29) is 23.4 Å². The minimum atomic E-state index is -4.73. The number of H-pyrrole nitrogens is 1. The lowest BCUT2D eigenvalue weighted by Gasteiger charge is -2.27. The predicted molar refractivity (Wildman–Crippen MR) is 96.4 cm³/mol. The number of carbonyl (C=O) groups is 1.